The highest BCUT2D eigenvalue weighted by Crippen LogP contribution is 2.36. The Bertz CT molecular complexity index is 803. The van der Waals surface area contributed by atoms with Gasteiger partial charge >= 0.3 is 7.12 Å². The lowest BCUT2D eigenvalue weighted by molar-refractivity contribution is 0.00578. The largest absolute Gasteiger partial charge is 0.494 e. The second-order valence-corrected chi connectivity index (χ2v) is 7.12. The molecule has 1 saturated heterocycles. The van der Waals surface area contributed by atoms with Gasteiger partial charge < -0.3 is 14.6 Å². The van der Waals surface area contributed by atoms with E-state index in [9.17, 15) is 9.18 Å². The van der Waals surface area contributed by atoms with Crippen LogP contribution in [-0.2, 0) is 16.4 Å². The monoisotopic (exact) mass is 345 g/mol. The van der Waals surface area contributed by atoms with E-state index in [4.69, 9.17) is 9.31 Å². The van der Waals surface area contributed by atoms with Gasteiger partial charge in [0.2, 0.25) is 0 Å². The summed E-state index contributed by atoms with van der Waals surface area (Å²) < 4.78 is 27.7. The third-order valence-corrected chi connectivity index (χ3v) is 4.82. The van der Waals surface area contributed by atoms with Crippen LogP contribution in [0.4, 0.5) is 10.1 Å². The van der Waals surface area contributed by atoms with Gasteiger partial charge in [-0.15, -0.1) is 0 Å². The Morgan fingerprint density at radius 2 is 1.84 bits per heavy atom. The number of nitrogens with zero attached hydrogens (tertiary/aromatic N) is 2. The summed E-state index contributed by atoms with van der Waals surface area (Å²) in [5, 5.41) is 6.47. The Hall–Kier alpha value is -2.19. The molecular formula is C17H21BFN3O3. The van der Waals surface area contributed by atoms with Crippen molar-refractivity contribution in [3.8, 4) is 0 Å². The zero-order valence-corrected chi connectivity index (χ0v) is 15.0. The van der Waals surface area contributed by atoms with Crippen LogP contribution >= 0.6 is 0 Å². The molecule has 2 heterocycles. The number of aryl methyl sites for hydroxylation is 1. The summed E-state index contributed by atoms with van der Waals surface area (Å²) in [4.78, 5) is 12.2. The van der Waals surface area contributed by atoms with Gasteiger partial charge in [0.15, 0.2) is 0 Å². The van der Waals surface area contributed by atoms with Crippen molar-refractivity contribution in [2.45, 2.75) is 38.9 Å². The van der Waals surface area contributed by atoms with Gasteiger partial charge in [0.1, 0.15) is 11.5 Å². The summed E-state index contributed by atoms with van der Waals surface area (Å²) in [7, 11) is 0.994. The summed E-state index contributed by atoms with van der Waals surface area (Å²) in [5.41, 5.74) is -0.00297. The molecular weight excluding hydrogens is 324 g/mol. The Morgan fingerprint density at radius 1 is 1.20 bits per heavy atom. The quantitative estimate of drug-likeness (QED) is 0.866. The molecule has 1 aliphatic heterocycles. The fourth-order valence-corrected chi connectivity index (χ4v) is 2.54. The number of amides is 1. The minimum atomic E-state index is -0.652. The summed E-state index contributed by atoms with van der Waals surface area (Å²) in [5.74, 6) is -0.981. The number of anilines is 1. The van der Waals surface area contributed by atoms with Gasteiger partial charge in [0.05, 0.1) is 16.9 Å². The van der Waals surface area contributed by atoms with E-state index in [2.05, 4.69) is 10.4 Å². The van der Waals surface area contributed by atoms with Crippen molar-refractivity contribution in [2.75, 3.05) is 5.32 Å². The number of benzene rings is 1. The lowest BCUT2D eigenvalue weighted by atomic mass is 9.79. The van der Waals surface area contributed by atoms with Gasteiger partial charge in [0.25, 0.3) is 5.91 Å². The molecule has 0 unspecified atom stereocenters. The van der Waals surface area contributed by atoms with Crippen LogP contribution in [0.2, 0.25) is 0 Å². The van der Waals surface area contributed by atoms with Crippen LogP contribution < -0.4 is 10.8 Å². The van der Waals surface area contributed by atoms with Crippen molar-refractivity contribution in [1.29, 1.82) is 0 Å². The average molecular weight is 345 g/mol. The van der Waals surface area contributed by atoms with Crippen LogP contribution in [0.15, 0.2) is 30.5 Å². The SMILES string of the molecule is Cn1nccc1C(=O)Nc1ccc(B2OC(C)(C)C(C)(C)O2)cc1F. The molecule has 0 spiro atoms. The average Bonchev–Trinajstić information content (AvgIpc) is 3.02. The lowest BCUT2D eigenvalue weighted by Gasteiger charge is -2.32. The van der Waals surface area contributed by atoms with E-state index in [1.54, 1.807) is 19.2 Å². The topological polar surface area (TPSA) is 65.4 Å². The van der Waals surface area contributed by atoms with Gasteiger partial charge in [-0.1, -0.05) is 6.07 Å². The number of halogens is 1. The standard InChI is InChI=1S/C17H21BFN3O3/c1-16(2)17(3,4)25-18(24-16)11-6-7-13(12(19)10-11)21-15(23)14-8-9-20-22(14)5/h6-10H,1-5H3,(H,21,23). The summed E-state index contributed by atoms with van der Waals surface area (Å²) in [6.45, 7) is 7.75. The molecule has 0 radical (unpaired) electrons. The molecule has 1 aliphatic rings. The highest BCUT2D eigenvalue weighted by atomic mass is 19.1. The number of hydrogen-bond acceptors (Lipinski definition) is 4. The van der Waals surface area contributed by atoms with Crippen LogP contribution in [0.3, 0.4) is 0 Å². The number of nitrogens with one attached hydrogen (secondary N) is 1. The first-order valence-electron chi connectivity index (χ1n) is 8.05. The van der Waals surface area contributed by atoms with Crippen molar-refractivity contribution < 1.29 is 18.5 Å². The molecule has 25 heavy (non-hydrogen) atoms. The third-order valence-electron chi connectivity index (χ3n) is 4.82. The first-order valence-corrected chi connectivity index (χ1v) is 8.05. The second kappa shape index (κ2) is 5.96. The highest BCUT2D eigenvalue weighted by Gasteiger charge is 2.51. The number of carbonyl (C=O) groups is 1. The van der Waals surface area contributed by atoms with Gasteiger partial charge in [-0.05, 0) is 51.4 Å². The Kier molecular flexibility index (Phi) is 4.21. The van der Waals surface area contributed by atoms with Crippen LogP contribution in [0.25, 0.3) is 0 Å². The third kappa shape index (κ3) is 3.19. The first kappa shape index (κ1) is 17.6. The normalized spacial score (nSPS) is 18.4. The van der Waals surface area contributed by atoms with Gasteiger partial charge in [-0.25, -0.2) is 4.39 Å². The number of aromatic nitrogens is 2. The molecule has 1 amide bonds. The van der Waals surface area contributed by atoms with E-state index < -0.39 is 30.0 Å². The molecule has 3 rings (SSSR count). The molecule has 0 saturated carbocycles. The minimum absolute atomic E-state index is 0.0893. The Morgan fingerprint density at radius 3 is 2.36 bits per heavy atom. The zero-order chi connectivity index (χ0) is 18.4. The van der Waals surface area contributed by atoms with Crippen LogP contribution in [0, 0.1) is 5.82 Å². The highest BCUT2D eigenvalue weighted by molar-refractivity contribution is 6.62. The second-order valence-electron chi connectivity index (χ2n) is 7.12. The smallest absolute Gasteiger partial charge is 0.399 e. The molecule has 0 aliphatic carbocycles. The van der Waals surface area contributed by atoms with E-state index >= 15 is 0 Å². The van der Waals surface area contributed by atoms with Crippen molar-refractivity contribution >= 4 is 24.2 Å². The summed E-state index contributed by atoms with van der Waals surface area (Å²) >= 11 is 0. The van der Waals surface area contributed by atoms with Gasteiger partial charge in [-0.2, -0.15) is 5.10 Å². The van der Waals surface area contributed by atoms with E-state index in [1.165, 1.54) is 23.0 Å². The predicted octanol–water partition coefficient (Wildman–Crippen LogP) is 2.11. The Balaban J connectivity index is 1.78. The van der Waals surface area contributed by atoms with E-state index in [1.807, 2.05) is 27.7 Å². The molecule has 0 atom stereocenters. The maximum Gasteiger partial charge on any atom is 0.494 e. The summed E-state index contributed by atoms with van der Waals surface area (Å²) in [6.07, 6.45) is 1.51. The van der Waals surface area contributed by atoms with E-state index in [0.29, 0.717) is 11.2 Å². The molecule has 8 heteroatoms. The maximum atomic E-state index is 14.4. The summed E-state index contributed by atoms with van der Waals surface area (Å²) in [6, 6.07) is 6.07. The molecule has 1 aromatic carbocycles. The van der Waals surface area contributed by atoms with Crippen LogP contribution in [0.1, 0.15) is 38.2 Å². The van der Waals surface area contributed by atoms with Crippen LogP contribution in [-0.4, -0.2) is 34.0 Å². The van der Waals surface area contributed by atoms with Crippen molar-refractivity contribution in [1.82, 2.24) is 9.78 Å². The van der Waals surface area contributed by atoms with Crippen molar-refractivity contribution in [3.63, 3.8) is 0 Å². The first-order chi connectivity index (χ1) is 11.6. The molecule has 6 nitrogen and oxygen atoms in total. The maximum absolute atomic E-state index is 14.4. The molecule has 1 fully saturated rings. The molecule has 132 valence electrons. The molecule has 2 aromatic rings. The molecule has 1 aromatic heterocycles. The fourth-order valence-electron chi connectivity index (χ4n) is 2.54. The number of rotatable bonds is 3. The van der Waals surface area contributed by atoms with Crippen molar-refractivity contribution in [2.24, 2.45) is 7.05 Å². The van der Waals surface area contributed by atoms with Gasteiger partial charge in [0, 0.05) is 13.2 Å². The number of carbonyl (C=O) groups excluding carboxylic acids is 1. The lowest BCUT2D eigenvalue weighted by Crippen LogP contribution is -2.41. The Labute approximate surface area is 146 Å². The predicted molar refractivity (Wildman–Crippen MR) is 93.3 cm³/mol. The van der Waals surface area contributed by atoms with Crippen LogP contribution in [0.5, 0.6) is 0 Å². The zero-order valence-electron chi connectivity index (χ0n) is 15.0. The van der Waals surface area contributed by atoms with Crippen molar-refractivity contribution in [3.05, 3.63) is 42.0 Å². The van der Waals surface area contributed by atoms with Gasteiger partial charge in [-0.3, -0.25) is 9.48 Å². The van der Waals surface area contributed by atoms with E-state index in [0.717, 1.165) is 0 Å². The minimum Gasteiger partial charge on any atom is -0.399 e. The van der Waals surface area contributed by atoms with E-state index in [-0.39, 0.29) is 5.69 Å². The fraction of sp³-hybridized carbons (Fsp3) is 0.412. The number of hydrogen-bond donors (Lipinski definition) is 1. The molecule has 0 bridgehead atoms. The molecule has 1 N–H and O–H groups in total.